The SMILES string of the molecule is Cc1cccc(C[n+]2cn(Cc3cc(=O)oc4c(O)c(O)ccc34)c3ccccc32)c1.[Cl-]. The first-order valence-electron chi connectivity index (χ1n) is 10.00. The Labute approximate surface area is 190 Å². The van der Waals surface area contributed by atoms with E-state index >= 15 is 0 Å². The summed E-state index contributed by atoms with van der Waals surface area (Å²) in [6, 6.07) is 21.0. The zero-order valence-corrected chi connectivity index (χ0v) is 18.1. The van der Waals surface area contributed by atoms with Crippen molar-refractivity contribution >= 4 is 22.0 Å². The Morgan fingerprint density at radius 1 is 1.00 bits per heavy atom. The van der Waals surface area contributed by atoms with Gasteiger partial charge in [-0.1, -0.05) is 42.0 Å². The standard InChI is InChI=1S/C25H20N2O4.ClH/c1-16-5-4-6-17(11-16)13-26-15-27(21-8-3-2-7-20(21)26)14-18-12-23(29)31-25-19(18)9-10-22(28)24(25)30;/h2-12,15H,13-14H2,1H3,(H-,28,29,30);1H. The Balaban J connectivity index is 0.00000245. The van der Waals surface area contributed by atoms with E-state index in [1.165, 1.54) is 23.3 Å². The van der Waals surface area contributed by atoms with Gasteiger partial charge < -0.3 is 27.0 Å². The van der Waals surface area contributed by atoms with Crippen LogP contribution >= 0.6 is 0 Å². The van der Waals surface area contributed by atoms with E-state index in [9.17, 15) is 15.0 Å². The average Bonchev–Trinajstić information content (AvgIpc) is 3.08. The molecule has 0 saturated carbocycles. The summed E-state index contributed by atoms with van der Waals surface area (Å²) in [5.41, 5.74) is 4.65. The van der Waals surface area contributed by atoms with Crippen LogP contribution in [0, 0.1) is 6.92 Å². The number of para-hydroxylation sites is 2. The maximum absolute atomic E-state index is 12.1. The first-order chi connectivity index (χ1) is 15.0. The van der Waals surface area contributed by atoms with Crippen molar-refractivity contribution in [1.82, 2.24) is 4.57 Å². The molecule has 2 N–H and O–H groups in total. The number of rotatable bonds is 4. The summed E-state index contributed by atoms with van der Waals surface area (Å²) in [5.74, 6) is -0.751. The summed E-state index contributed by atoms with van der Waals surface area (Å²) in [4.78, 5) is 12.1. The van der Waals surface area contributed by atoms with Crippen molar-refractivity contribution in [1.29, 1.82) is 0 Å². The van der Waals surface area contributed by atoms with Gasteiger partial charge in [0.05, 0.1) is 0 Å². The predicted molar refractivity (Wildman–Crippen MR) is 117 cm³/mol. The van der Waals surface area contributed by atoms with Gasteiger partial charge >= 0.3 is 5.63 Å². The molecule has 5 aromatic rings. The zero-order valence-electron chi connectivity index (χ0n) is 17.3. The summed E-state index contributed by atoms with van der Waals surface area (Å²) >= 11 is 0. The number of aromatic nitrogens is 2. The van der Waals surface area contributed by atoms with Crippen LogP contribution in [0.15, 0.2) is 82.3 Å². The third-order valence-electron chi connectivity index (χ3n) is 5.51. The van der Waals surface area contributed by atoms with Gasteiger partial charge in [0, 0.05) is 17.0 Å². The van der Waals surface area contributed by atoms with E-state index in [1.54, 1.807) is 6.07 Å². The molecular formula is C25H21ClN2O4. The molecular weight excluding hydrogens is 428 g/mol. The fourth-order valence-electron chi connectivity index (χ4n) is 4.08. The number of hydrogen-bond acceptors (Lipinski definition) is 4. The van der Waals surface area contributed by atoms with E-state index < -0.39 is 11.4 Å². The maximum atomic E-state index is 12.1. The van der Waals surface area contributed by atoms with Gasteiger partial charge in [-0.15, -0.1) is 0 Å². The molecule has 0 unspecified atom stereocenters. The Morgan fingerprint density at radius 2 is 1.81 bits per heavy atom. The van der Waals surface area contributed by atoms with Crippen molar-refractivity contribution < 1.29 is 31.6 Å². The van der Waals surface area contributed by atoms with Gasteiger partial charge in [-0.3, -0.25) is 0 Å². The molecule has 0 fully saturated rings. The monoisotopic (exact) mass is 448 g/mol. The molecule has 0 aliphatic rings. The Bertz CT molecular complexity index is 1500. The highest BCUT2D eigenvalue weighted by atomic mass is 35.5. The van der Waals surface area contributed by atoms with Gasteiger partial charge in [0.25, 0.3) is 0 Å². The molecule has 0 bridgehead atoms. The largest absolute Gasteiger partial charge is 1.00 e. The maximum Gasteiger partial charge on any atom is 0.336 e. The fourth-order valence-corrected chi connectivity index (χ4v) is 4.08. The first kappa shape index (κ1) is 21.5. The molecule has 5 rings (SSSR count). The van der Waals surface area contributed by atoms with Crippen molar-refractivity contribution in [3.63, 3.8) is 0 Å². The average molecular weight is 449 g/mol. The summed E-state index contributed by atoms with van der Waals surface area (Å²) in [5, 5.41) is 20.5. The van der Waals surface area contributed by atoms with Crippen LogP contribution in [0.4, 0.5) is 0 Å². The molecule has 162 valence electrons. The molecule has 3 aromatic carbocycles. The van der Waals surface area contributed by atoms with Crippen LogP contribution in [0.1, 0.15) is 16.7 Å². The molecule has 2 heterocycles. The number of imidazole rings is 1. The highest BCUT2D eigenvalue weighted by Gasteiger charge is 2.19. The second-order valence-electron chi connectivity index (χ2n) is 7.75. The van der Waals surface area contributed by atoms with E-state index in [0.717, 1.165) is 17.6 Å². The molecule has 6 nitrogen and oxygen atoms in total. The number of halogens is 1. The molecule has 32 heavy (non-hydrogen) atoms. The van der Waals surface area contributed by atoms with Crippen molar-refractivity contribution in [2.75, 3.05) is 0 Å². The number of phenolic OH excluding ortho intramolecular Hbond substituents is 2. The minimum absolute atomic E-state index is 0. The molecule has 0 atom stereocenters. The number of aryl methyl sites for hydroxylation is 1. The molecule has 2 aromatic heterocycles. The molecule has 0 aliphatic carbocycles. The first-order valence-corrected chi connectivity index (χ1v) is 10.00. The minimum Gasteiger partial charge on any atom is -1.00 e. The lowest BCUT2D eigenvalue weighted by Crippen LogP contribution is -3.00. The second-order valence-corrected chi connectivity index (χ2v) is 7.75. The Morgan fingerprint density at radius 3 is 2.62 bits per heavy atom. The predicted octanol–water partition coefficient (Wildman–Crippen LogP) is 0.855. The van der Waals surface area contributed by atoms with Crippen LogP contribution in [0.3, 0.4) is 0 Å². The van der Waals surface area contributed by atoms with Crippen LogP contribution in [0.5, 0.6) is 11.5 Å². The van der Waals surface area contributed by atoms with E-state index in [-0.39, 0.29) is 23.7 Å². The molecule has 0 spiro atoms. The van der Waals surface area contributed by atoms with E-state index in [1.807, 2.05) is 24.5 Å². The lowest BCUT2D eigenvalue weighted by atomic mass is 10.1. The fraction of sp³-hybridized carbons (Fsp3) is 0.120. The minimum atomic E-state index is -0.576. The Kier molecular flexibility index (Phi) is 5.63. The van der Waals surface area contributed by atoms with Crippen molar-refractivity contribution in [2.45, 2.75) is 20.0 Å². The van der Waals surface area contributed by atoms with E-state index in [4.69, 9.17) is 4.42 Å². The molecule has 7 heteroatoms. The number of benzene rings is 3. The lowest BCUT2D eigenvalue weighted by molar-refractivity contribution is -0.663. The van der Waals surface area contributed by atoms with Gasteiger partial charge in [-0.25, -0.2) is 13.9 Å². The lowest BCUT2D eigenvalue weighted by Gasteiger charge is -2.06. The summed E-state index contributed by atoms with van der Waals surface area (Å²) in [6.45, 7) is 3.21. The van der Waals surface area contributed by atoms with Gasteiger partial charge in [-0.2, -0.15) is 0 Å². The number of aromatic hydroxyl groups is 2. The number of phenols is 2. The summed E-state index contributed by atoms with van der Waals surface area (Å²) in [7, 11) is 0. The quantitative estimate of drug-likeness (QED) is 0.243. The van der Waals surface area contributed by atoms with Crippen LogP contribution in [0.25, 0.3) is 22.0 Å². The molecule has 0 saturated heterocycles. The van der Waals surface area contributed by atoms with Crippen LogP contribution in [-0.4, -0.2) is 14.8 Å². The summed E-state index contributed by atoms with van der Waals surface area (Å²) in [6.07, 6.45) is 2.04. The van der Waals surface area contributed by atoms with Gasteiger partial charge in [0.15, 0.2) is 22.4 Å². The van der Waals surface area contributed by atoms with Crippen LogP contribution in [-0.2, 0) is 13.1 Å². The van der Waals surface area contributed by atoms with Gasteiger partial charge in [-0.05, 0) is 36.8 Å². The topological polar surface area (TPSA) is 79.5 Å². The number of hydrogen-bond donors (Lipinski definition) is 2. The van der Waals surface area contributed by atoms with Crippen LogP contribution in [0.2, 0.25) is 0 Å². The van der Waals surface area contributed by atoms with Gasteiger partial charge in [0.1, 0.15) is 13.1 Å². The van der Waals surface area contributed by atoms with Crippen molar-refractivity contribution in [3.05, 3.63) is 100 Å². The van der Waals surface area contributed by atoms with Crippen LogP contribution < -0.4 is 22.6 Å². The molecule has 0 aliphatic heterocycles. The smallest absolute Gasteiger partial charge is 0.336 e. The number of nitrogens with zero attached hydrogens (tertiary/aromatic N) is 2. The second kappa shape index (κ2) is 8.40. The van der Waals surface area contributed by atoms with Crippen molar-refractivity contribution in [3.8, 4) is 11.5 Å². The zero-order chi connectivity index (χ0) is 21.5. The highest BCUT2D eigenvalue weighted by molar-refractivity contribution is 5.87. The third kappa shape index (κ3) is 3.81. The van der Waals surface area contributed by atoms with E-state index in [0.29, 0.717) is 17.5 Å². The van der Waals surface area contributed by atoms with E-state index in [2.05, 4.69) is 46.4 Å². The molecule has 0 radical (unpaired) electrons. The Hall–Kier alpha value is -3.77. The highest BCUT2D eigenvalue weighted by Crippen LogP contribution is 2.34. The summed E-state index contributed by atoms with van der Waals surface area (Å²) < 4.78 is 9.41. The van der Waals surface area contributed by atoms with Gasteiger partial charge in [0.2, 0.25) is 12.1 Å². The third-order valence-corrected chi connectivity index (χ3v) is 5.51. The molecule has 0 amide bonds. The normalized spacial score (nSPS) is 11.0. The number of fused-ring (bicyclic) bond motifs is 2. The van der Waals surface area contributed by atoms with Crippen molar-refractivity contribution in [2.24, 2.45) is 0 Å².